The van der Waals surface area contributed by atoms with Gasteiger partial charge in [-0.2, -0.15) is 0 Å². The molecule has 1 aliphatic heterocycles. The molecular formula is C13H18N2O. The molecule has 1 fully saturated rings. The van der Waals surface area contributed by atoms with E-state index in [9.17, 15) is 4.79 Å². The zero-order valence-electron chi connectivity index (χ0n) is 9.70. The van der Waals surface area contributed by atoms with Crippen molar-refractivity contribution in [3.63, 3.8) is 0 Å². The largest absolute Gasteiger partial charge is 0.317 e. The molecule has 86 valence electrons. The average molecular weight is 218 g/mol. The number of carbonyl (C=O) groups excluding carboxylic acids is 1. The van der Waals surface area contributed by atoms with Gasteiger partial charge in [0, 0.05) is 24.2 Å². The minimum Gasteiger partial charge on any atom is -0.317 e. The highest BCUT2D eigenvalue weighted by molar-refractivity contribution is 5.86. The summed E-state index contributed by atoms with van der Waals surface area (Å²) in [5.74, 6) is 0.361. The number of piperidine rings is 1. The first-order valence-corrected chi connectivity index (χ1v) is 5.84. The van der Waals surface area contributed by atoms with Crippen LogP contribution in [0.3, 0.4) is 0 Å². The molecule has 0 unspecified atom stereocenters. The van der Waals surface area contributed by atoms with Gasteiger partial charge < -0.3 is 5.32 Å². The molecule has 2 heterocycles. The maximum atomic E-state index is 12.2. The number of ketones is 1. The van der Waals surface area contributed by atoms with E-state index in [4.69, 9.17) is 0 Å². The highest BCUT2D eigenvalue weighted by atomic mass is 16.1. The van der Waals surface area contributed by atoms with Gasteiger partial charge in [0.2, 0.25) is 0 Å². The summed E-state index contributed by atoms with van der Waals surface area (Å²) < 4.78 is 0. The molecule has 0 radical (unpaired) electrons. The van der Waals surface area contributed by atoms with Gasteiger partial charge in [-0.15, -0.1) is 0 Å². The van der Waals surface area contributed by atoms with Crippen molar-refractivity contribution in [2.45, 2.75) is 26.2 Å². The molecule has 3 heteroatoms. The maximum Gasteiger partial charge on any atom is 0.143 e. The van der Waals surface area contributed by atoms with E-state index in [2.05, 4.69) is 17.2 Å². The van der Waals surface area contributed by atoms with E-state index in [-0.39, 0.29) is 5.41 Å². The fourth-order valence-electron chi connectivity index (χ4n) is 2.16. The van der Waals surface area contributed by atoms with Crippen LogP contribution in [0.4, 0.5) is 0 Å². The Kier molecular flexibility index (Phi) is 3.34. The lowest BCUT2D eigenvalue weighted by Gasteiger charge is -2.32. The van der Waals surface area contributed by atoms with Crippen molar-refractivity contribution >= 4 is 5.78 Å². The van der Waals surface area contributed by atoms with Crippen LogP contribution in [0.15, 0.2) is 24.5 Å². The fraction of sp³-hybridized carbons (Fsp3) is 0.538. The molecule has 1 aliphatic rings. The minimum atomic E-state index is -0.130. The quantitative estimate of drug-likeness (QED) is 0.837. The van der Waals surface area contributed by atoms with Crippen molar-refractivity contribution in [3.8, 4) is 0 Å². The number of hydrogen-bond donors (Lipinski definition) is 1. The van der Waals surface area contributed by atoms with Crippen LogP contribution >= 0.6 is 0 Å². The Labute approximate surface area is 96.3 Å². The average Bonchev–Trinajstić information content (AvgIpc) is 2.31. The van der Waals surface area contributed by atoms with Gasteiger partial charge in [0.1, 0.15) is 5.78 Å². The van der Waals surface area contributed by atoms with Gasteiger partial charge in [-0.1, -0.05) is 6.92 Å². The molecule has 0 saturated carbocycles. The second-order valence-corrected chi connectivity index (χ2v) is 4.77. The summed E-state index contributed by atoms with van der Waals surface area (Å²) in [6.45, 7) is 4.01. The Hall–Kier alpha value is -1.22. The minimum absolute atomic E-state index is 0.130. The number of carbonyl (C=O) groups is 1. The monoisotopic (exact) mass is 218 g/mol. The number of nitrogens with zero attached hydrogens (tertiary/aromatic N) is 1. The van der Waals surface area contributed by atoms with Crippen LogP contribution in [0.5, 0.6) is 0 Å². The highest BCUT2D eigenvalue weighted by Gasteiger charge is 2.33. The van der Waals surface area contributed by atoms with Crippen LogP contribution in [0.25, 0.3) is 0 Å². The lowest BCUT2D eigenvalue weighted by atomic mass is 9.75. The maximum absolute atomic E-state index is 12.2. The topological polar surface area (TPSA) is 42.0 Å². The van der Waals surface area contributed by atoms with Crippen LogP contribution < -0.4 is 5.32 Å². The van der Waals surface area contributed by atoms with Crippen LogP contribution in [-0.4, -0.2) is 23.9 Å². The van der Waals surface area contributed by atoms with E-state index in [1.54, 1.807) is 12.4 Å². The van der Waals surface area contributed by atoms with E-state index in [1.165, 1.54) is 0 Å². The molecule has 1 N–H and O–H groups in total. The van der Waals surface area contributed by atoms with Crippen LogP contribution in [0.2, 0.25) is 0 Å². The summed E-state index contributed by atoms with van der Waals surface area (Å²) in [6, 6.07) is 3.84. The van der Waals surface area contributed by atoms with Crippen molar-refractivity contribution in [1.29, 1.82) is 0 Å². The first-order valence-electron chi connectivity index (χ1n) is 5.84. The normalized spacial score (nSPS) is 19.3. The zero-order valence-corrected chi connectivity index (χ0v) is 9.70. The molecule has 3 nitrogen and oxygen atoms in total. The third-order valence-corrected chi connectivity index (χ3v) is 3.49. The summed E-state index contributed by atoms with van der Waals surface area (Å²) in [5.41, 5.74) is 0.939. The second-order valence-electron chi connectivity index (χ2n) is 4.77. The second kappa shape index (κ2) is 4.74. The summed E-state index contributed by atoms with van der Waals surface area (Å²) in [7, 11) is 0. The molecule has 1 saturated heterocycles. The molecule has 1 aromatic rings. The van der Waals surface area contributed by atoms with Gasteiger partial charge in [0.15, 0.2) is 0 Å². The van der Waals surface area contributed by atoms with E-state index in [0.717, 1.165) is 31.5 Å². The Bertz CT molecular complexity index is 355. The van der Waals surface area contributed by atoms with Crippen molar-refractivity contribution in [2.75, 3.05) is 13.1 Å². The summed E-state index contributed by atoms with van der Waals surface area (Å²) in [6.07, 6.45) is 5.94. The molecule has 0 spiro atoms. The van der Waals surface area contributed by atoms with Gasteiger partial charge in [-0.3, -0.25) is 9.78 Å². The number of nitrogens with one attached hydrogen (secondary N) is 1. The first-order chi connectivity index (χ1) is 7.71. The van der Waals surface area contributed by atoms with Crippen molar-refractivity contribution in [3.05, 3.63) is 30.1 Å². The standard InChI is InChI=1S/C13H18N2O/c1-13(4-8-15-9-5-13)12(16)10-11-2-6-14-7-3-11/h2-3,6-7,15H,4-5,8-10H2,1H3. The molecule has 0 bridgehead atoms. The van der Waals surface area contributed by atoms with E-state index >= 15 is 0 Å². The summed E-state index contributed by atoms with van der Waals surface area (Å²) in [4.78, 5) is 16.2. The molecule has 0 aliphatic carbocycles. The Morgan fingerprint density at radius 1 is 1.38 bits per heavy atom. The van der Waals surface area contributed by atoms with Gasteiger partial charge in [-0.25, -0.2) is 0 Å². The van der Waals surface area contributed by atoms with E-state index in [1.807, 2.05) is 12.1 Å². The van der Waals surface area contributed by atoms with Crippen LogP contribution in [0, 0.1) is 5.41 Å². The SMILES string of the molecule is CC1(C(=O)Cc2ccncc2)CCNCC1. The molecule has 1 aromatic heterocycles. The predicted octanol–water partition coefficient (Wildman–Crippen LogP) is 1.58. The third kappa shape index (κ3) is 2.47. The Morgan fingerprint density at radius 3 is 2.62 bits per heavy atom. The molecular weight excluding hydrogens is 200 g/mol. The first kappa shape index (κ1) is 11.3. The Morgan fingerprint density at radius 2 is 2.00 bits per heavy atom. The zero-order chi connectivity index (χ0) is 11.4. The lowest BCUT2D eigenvalue weighted by Crippen LogP contribution is -2.40. The van der Waals surface area contributed by atoms with Gasteiger partial charge >= 0.3 is 0 Å². The molecule has 2 rings (SSSR count). The fourth-order valence-corrected chi connectivity index (χ4v) is 2.16. The number of hydrogen-bond acceptors (Lipinski definition) is 3. The Balaban J connectivity index is 2.02. The number of aromatic nitrogens is 1. The van der Waals surface area contributed by atoms with Gasteiger partial charge in [0.05, 0.1) is 0 Å². The van der Waals surface area contributed by atoms with Gasteiger partial charge in [0.25, 0.3) is 0 Å². The van der Waals surface area contributed by atoms with Crippen molar-refractivity contribution < 1.29 is 4.79 Å². The number of Topliss-reactive ketones (excluding diaryl/α,β-unsaturated/α-hetero) is 1. The van der Waals surface area contributed by atoms with Crippen LogP contribution in [0.1, 0.15) is 25.3 Å². The number of pyridine rings is 1. The highest BCUT2D eigenvalue weighted by Crippen LogP contribution is 2.30. The smallest absolute Gasteiger partial charge is 0.143 e. The summed E-state index contributed by atoms with van der Waals surface area (Å²) >= 11 is 0. The van der Waals surface area contributed by atoms with Crippen molar-refractivity contribution in [2.24, 2.45) is 5.41 Å². The third-order valence-electron chi connectivity index (χ3n) is 3.49. The molecule has 0 aromatic carbocycles. The van der Waals surface area contributed by atoms with Gasteiger partial charge in [-0.05, 0) is 43.6 Å². The molecule has 0 amide bonds. The summed E-state index contributed by atoms with van der Waals surface area (Å²) in [5, 5.41) is 3.30. The van der Waals surface area contributed by atoms with E-state index < -0.39 is 0 Å². The molecule has 0 atom stereocenters. The lowest BCUT2D eigenvalue weighted by molar-refractivity contribution is -0.128. The number of rotatable bonds is 3. The van der Waals surface area contributed by atoms with Crippen molar-refractivity contribution in [1.82, 2.24) is 10.3 Å². The van der Waals surface area contributed by atoms with Crippen LogP contribution in [-0.2, 0) is 11.2 Å². The predicted molar refractivity (Wildman–Crippen MR) is 63.2 cm³/mol. The van der Waals surface area contributed by atoms with E-state index in [0.29, 0.717) is 12.2 Å². The molecule has 16 heavy (non-hydrogen) atoms.